The molecule has 23 heavy (non-hydrogen) atoms. The molecular formula is C17H24ClN3O2. The Labute approximate surface area is 142 Å². The maximum atomic E-state index is 12.6. The van der Waals surface area contributed by atoms with E-state index < -0.39 is 0 Å². The molecule has 1 fully saturated rings. The van der Waals surface area contributed by atoms with Crippen LogP contribution in [0.1, 0.15) is 20.3 Å². The van der Waals surface area contributed by atoms with Gasteiger partial charge in [0.05, 0.1) is 6.54 Å². The summed E-state index contributed by atoms with van der Waals surface area (Å²) in [6.45, 7) is 6.39. The normalized spacial score (nSPS) is 15.6. The van der Waals surface area contributed by atoms with Gasteiger partial charge in [0, 0.05) is 23.2 Å². The van der Waals surface area contributed by atoms with Gasteiger partial charge in [-0.3, -0.25) is 9.59 Å². The Morgan fingerprint density at radius 3 is 2.52 bits per heavy atom. The molecule has 5 nitrogen and oxygen atoms in total. The van der Waals surface area contributed by atoms with E-state index in [0.29, 0.717) is 23.2 Å². The van der Waals surface area contributed by atoms with E-state index in [9.17, 15) is 9.59 Å². The maximum absolute atomic E-state index is 12.6. The van der Waals surface area contributed by atoms with Crippen LogP contribution in [0.25, 0.3) is 0 Å². The lowest BCUT2D eigenvalue weighted by Gasteiger charge is -2.34. The van der Waals surface area contributed by atoms with Gasteiger partial charge in [-0.05, 0) is 49.7 Å². The molecule has 1 heterocycles. The van der Waals surface area contributed by atoms with Gasteiger partial charge >= 0.3 is 0 Å². The number of hydrogen-bond donors (Lipinski definition) is 2. The van der Waals surface area contributed by atoms with Gasteiger partial charge in [-0.2, -0.15) is 0 Å². The monoisotopic (exact) mass is 337 g/mol. The summed E-state index contributed by atoms with van der Waals surface area (Å²) in [5.74, 6) is 0.199. The van der Waals surface area contributed by atoms with Crippen LogP contribution in [0, 0.1) is 11.8 Å². The predicted octanol–water partition coefficient (Wildman–Crippen LogP) is 2.37. The van der Waals surface area contributed by atoms with Crippen LogP contribution in [0.5, 0.6) is 0 Å². The quantitative estimate of drug-likeness (QED) is 0.803. The van der Waals surface area contributed by atoms with Gasteiger partial charge in [0.1, 0.15) is 0 Å². The van der Waals surface area contributed by atoms with Crippen molar-refractivity contribution >= 4 is 29.1 Å². The first-order valence-electron chi connectivity index (χ1n) is 8.06. The van der Waals surface area contributed by atoms with E-state index >= 15 is 0 Å². The molecule has 2 rings (SSSR count). The highest BCUT2D eigenvalue weighted by Crippen LogP contribution is 2.19. The zero-order valence-corrected chi connectivity index (χ0v) is 14.4. The Balaban J connectivity index is 1.93. The van der Waals surface area contributed by atoms with Crippen molar-refractivity contribution in [1.82, 2.24) is 10.2 Å². The summed E-state index contributed by atoms with van der Waals surface area (Å²) in [7, 11) is 0. The second-order valence-electron chi connectivity index (χ2n) is 6.02. The highest BCUT2D eigenvalue weighted by atomic mass is 35.5. The van der Waals surface area contributed by atoms with E-state index in [1.54, 1.807) is 29.2 Å². The summed E-state index contributed by atoms with van der Waals surface area (Å²) in [5.41, 5.74) is 0.680. The number of nitrogens with zero attached hydrogens (tertiary/aromatic N) is 1. The molecule has 1 unspecified atom stereocenters. The number of anilines is 1. The molecule has 2 amide bonds. The molecule has 0 spiro atoms. The van der Waals surface area contributed by atoms with Crippen LogP contribution >= 0.6 is 11.6 Å². The first kappa shape index (κ1) is 17.8. The highest BCUT2D eigenvalue weighted by molar-refractivity contribution is 6.30. The van der Waals surface area contributed by atoms with E-state index in [4.69, 9.17) is 11.6 Å². The number of rotatable bonds is 7. The summed E-state index contributed by atoms with van der Waals surface area (Å²) in [5, 5.41) is 6.61. The average Bonchev–Trinajstić information content (AvgIpc) is 2.46. The minimum absolute atomic E-state index is 0.0499. The lowest BCUT2D eigenvalue weighted by atomic mass is 9.88. The Hall–Kier alpha value is -1.59. The molecule has 0 saturated carbocycles. The summed E-state index contributed by atoms with van der Waals surface area (Å²) in [4.78, 5) is 26.5. The third kappa shape index (κ3) is 4.94. The van der Waals surface area contributed by atoms with Crippen LogP contribution in [0.15, 0.2) is 24.3 Å². The first-order chi connectivity index (χ1) is 11.0. The van der Waals surface area contributed by atoms with Gasteiger partial charge in [0.15, 0.2) is 0 Å². The minimum atomic E-state index is -0.187. The average molecular weight is 338 g/mol. The Bertz CT molecular complexity index is 543. The van der Waals surface area contributed by atoms with Crippen molar-refractivity contribution in [2.24, 2.45) is 11.8 Å². The van der Waals surface area contributed by atoms with Gasteiger partial charge < -0.3 is 15.5 Å². The minimum Gasteiger partial charge on any atom is -0.333 e. The molecule has 0 aliphatic carbocycles. The van der Waals surface area contributed by atoms with E-state index in [1.807, 2.05) is 13.8 Å². The van der Waals surface area contributed by atoms with Gasteiger partial charge in [0.25, 0.3) is 0 Å². The van der Waals surface area contributed by atoms with Crippen molar-refractivity contribution in [2.75, 3.05) is 31.5 Å². The summed E-state index contributed by atoms with van der Waals surface area (Å²) in [6.07, 6.45) is 0.829. The Morgan fingerprint density at radius 2 is 2.00 bits per heavy atom. The lowest BCUT2D eigenvalue weighted by molar-refractivity contribution is -0.140. The molecule has 1 aliphatic rings. The van der Waals surface area contributed by atoms with Crippen molar-refractivity contribution in [1.29, 1.82) is 0 Å². The van der Waals surface area contributed by atoms with Crippen LogP contribution in [0.2, 0.25) is 5.02 Å². The van der Waals surface area contributed by atoms with Crippen LogP contribution in [0.3, 0.4) is 0 Å². The van der Waals surface area contributed by atoms with Gasteiger partial charge in [-0.25, -0.2) is 0 Å². The second-order valence-corrected chi connectivity index (χ2v) is 6.46. The summed E-state index contributed by atoms with van der Waals surface area (Å²) in [6, 6.07) is 6.93. The number of hydrogen-bond acceptors (Lipinski definition) is 3. The topological polar surface area (TPSA) is 61.4 Å². The van der Waals surface area contributed by atoms with Crippen LogP contribution < -0.4 is 10.6 Å². The zero-order valence-electron chi connectivity index (χ0n) is 13.6. The smallest absolute Gasteiger partial charge is 0.243 e. The summed E-state index contributed by atoms with van der Waals surface area (Å²) >= 11 is 5.83. The Morgan fingerprint density at radius 1 is 1.35 bits per heavy atom. The number of halogens is 1. The molecule has 0 aromatic heterocycles. The van der Waals surface area contributed by atoms with E-state index in [-0.39, 0.29) is 24.3 Å². The van der Waals surface area contributed by atoms with E-state index in [1.165, 1.54) is 0 Å². The molecule has 1 atom stereocenters. The zero-order chi connectivity index (χ0) is 16.8. The highest BCUT2D eigenvalue weighted by Gasteiger charge is 2.31. The fourth-order valence-corrected chi connectivity index (χ4v) is 2.72. The molecular weight excluding hydrogens is 314 g/mol. The molecule has 1 aliphatic heterocycles. The van der Waals surface area contributed by atoms with Crippen LogP contribution in [-0.4, -0.2) is 42.9 Å². The predicted molar refractivity (Wildman–Crippen MR) is 92.5 cm³/mol. The van der Waals surface area contributed by atoms with Crippen molar-refractivity contribution in [2.45, 2.75) is 20.3 Å². The molecule has 6 heteroatoms. The SMILES string of the molecule is CCCN(CC(=O)Nc1ccc(Cl)cc1)C(=O)C(C)C1CNC1. The van der Waals surface area contributed by atoms with Gasteiger partial charge in [-0.15, -0.1) is 0 Å². The maximum Gasteiger partial charge on any atom is 0.243 e. The number of carbonyl (C=O) groups excluding carboxylic acids is 2. The number of benzene rings is 1. The second kappa shape index (κ2) is 8.31. The first-order valence-corrected chi connectivity index (χ1v) is 8.44. The largest absolute Gasteiger partial charge is 0.333 e. The van der Waals surface area contributed by atoms with Crippen molar-refractivity contribution in [3.8, 4) is 0 Å². The standard InChI is InChI=1S/C17H24ClN3O2/c1-3-8-21(17(23)12(2)13-9-19-10-13)11-16(22)20-15-6-4-14(18)5-7-15/h4-7,12-13,19H,3,8-11H2,1-2H3,(H,20,22). The molecule has 0 radical (unpaired) electrons. The summed E-state index contributed by atoms with van der Waals surface area (Å²) < 4.78 is 0. The number of carbonyl (C=O) groups is 2. The molecule has 2 N–H and O–H groups in total. The van der Waals surface area contributed by atoms with Gasteiger partial charge in [0.2, 0.25) is 11.8 Å². The van der Waals surface area contributed by atoms with Crippen LogP contribution in [0.4, 0.5) is 5.69 Å². The lowest BCUT2D eigenvalue weighted by Crippen LogP contribution is -2.51. The van der Waals surface area contributed by atoms with Crippen molar-refractivity contribution in [3.63, 3.8) is 0 Å². The number of amides is 2. The number of nitrogens with one attached hydrogen (secondary N) is 2. The van der Waals surface area contributed by atoms with Crippen molar-refractivity contribution < 1.29 is 9.59 Å². The molecule has 1 aromatic rings. The van der Waals surface area contributed by atoms with E-state index in [2.05, 4.69) is 10.6 Å². The van der Waals surface area contributed by atoms with Gasteiger partial charge in [-0.1, -0.05) is 25.4 Å². The third-order valence-electron chi connectivity index (χ3n) is 4.18. The van der Waals surface area contributed by atoms with Crippen LogP contribution in [-0.2, 0) is 9.59 Å². The molecule has 126 valence electrons. The van der Waals surface area contributed by atoms with E-state index in [0.717, 1.165) is 19.5 Å². The third-order valence-corrected chi connectivity index (χ3v) is 4.43. The van der Waals surface area contributed by atoms with Crippen molar-refractivity contribution in [3.05, 3.63) is 29.3 Å². The molecule has 1 aromatic carbocycles. The fourth-order valence-electron chi connectivity index (χ4n) is 2.60. The molecule has 1 saturated heterocycles. The fraction of sp³-hybridized carbons (Fsp3) is 0.529. The molecule has 0 bridgehead atoms. The Kier molecular flexibility index (Phi) is 6.42.